The first kappa shape index (κ1) is 9.16. The molecule has 2 rings (SSSR count). The highest BCUT2D eigenvalue weighted by molar-refractivity contribution is 7.09. The van der Waals surface area contributed by atoms with Crippen molar-refractivity contribution in [2.45, 2.75) is 32.2 Å². The van der Waals surface area contributed by atoms with E-state index in [-0.39, 0.29) is 0 Å². The van der Waals surface area contributed by atoms with Crippen LogP contribution in [0, 0.1) is 12.8 Å². The van der Waals surface area contributed by atoms with Gasteiger partial charge in [-0.05, 0) is 32.7 Å². The predicted molar refractivity (Wildman–Crippen MR) is 56.1 cm³/mol. The summed E-state index contributed by atoms with van der Waals surface area (Å²) in [5.41, 5.74) is 1.16. The van der Waals surface area contributed by atoms with Crippen molar-refractivity contribution in [3.05, 3.63) is 16.1 Å². The first-order chi connectivity index (χ1) is 6.29. The molecule has 0 amide bonds. The molecule has 0 radical (unpaired) electrons. The molecular weight excluding hydrogens is 180 g/mol. The van der Waals surface area contributed by atoms with Crippen LogP contribution in [0.3, 0.4) is 0 Å². The van der Waals surface area contributed by atoms with Crippen LogP contribution in [0.2, 0.25) is 0 Å². The minimum Gasteiger partial charge on any atom is -0.316 e. The second-order valence-electron chi connectivity index (χ2n) is 3.82. The van der Waals surface area contributed by atoms with Crippen LogP contribution < -0.4 is 5.32 Å². The summed E-state index contributed by atoms with van der Waals surface area (Å²) in [7, 11) is 2.06. The second kappa shape index (κ2) is 3.76. The van der Waals surface area contributed by atoms with Crippen molar-refractivity contribution in [2.75, 3.05) is 7.05 Å². The quantitative estimate of drug-likeness (QED) is 0.796. The van der Waals surface area contributed by atoms with Crippen molar-refractivity contribution < 1.29 is 0 Å². The van der Waals surface area contributed by atoms with Gasteiger partial charge < -0.3 is 5.32 Å². The highest BCUT2D eigenvalue weighted by atomic mass is 32.1. The summed E-state index contributed by atoms with van der Waals surface area (Å²) in [5.74, 6) is 0.911. The molecule has 1 aliphatic carbocycles. The van der Waals surface area contributed by atoms with E-state index in [1.807, 2.05) is 0 Å². The van der Waals surface area contributed by atoms with Crippen LogP contribution in [0.5, 0.6) is 0 Å². The standard InChI is InChI=1S/C10H16N2S/c1-7-6-13-10(12-7)5-9(11-2)8-3-4-8/h6,8-9,11H,3-5H2,1-2H3. The SMILES string of the molecule is CNC(Cc1nc(C)cs1)C1CC1. The molecule has 3 heteroatoms. The molecule has 1 fully saturated rings. The summed E-state index contributed by atoms with van der Waals surface area (Å²) >= 11 is 1.79. The van der Waals surface area contributed by atoms with Crippen molar-refractivity contribution in [2.24, 2.45) is 5.92 Å². The Balaban J connectivity index is 1.95. The van der Waals surface area contributed by atoms with Gasteiger partial charge in [-0.15, -0.1) is 11.3 Å². The highest BCUT2D eigenvalue weighted by Gasteiger charge is 2.30. The van der Waals surface area contributed by atoms with E-state index in [1.165, 1.54) is 17.8 Å². The number of aryl methyl sites for hydroxylation is 1. The number of hydrogen-bond donors (Lipinski definition) is 1. The summed E-state index contributed by atoms with van der Waals surface area (Å²) < 4.78 is 0. The van der Waals surface area contributed by atoms with Crippen molar-refractivity contribution in [1.82, 2.24) is 10.3 Å². The van der Waals surface area contributed by atoms with E-state index >= 15 is 0 Å². The van der Waals surface area contributed by atoms with Crippen molar-refractivity contribution in [1.29, 1.82) is 0 Å². The minimum atomic E-state index is 0.658. The second-order valence-corrected chi connectivity index (χ2v) is 4.76. The molecule has 1 aliphatic rings. The van der Waals surface area contributed by atoms with Gasteiger partial charge in [0.25, 0.3) is 0 Å². The van der Waals surface area contributed by atoms with Gasteiger partial charge in [0.2, 0.25) is 0 Å². The number of hydrogen-bond acceptors (Lipinski definition) is 3. The number of rotatable bonds is 4. The van der Waals surface area contributed by atoms with Crippen LogP contribution in [0.4, 0.5) is 0 Å². The van der Waals surface area contributed by atoms with Crippen LogP contribution in [-0.4, -0.2) is 18.1 Å². The fourth-order valence-corrected chi connectivity index (χ4v) is 2.52. The lowest BCUT2D eigenvalue weighted by Crippen LogP contribution is -2.29. The largest absolute Gasteiger partial charge is 0.316 e. The topological polar surface area (TPSA) is 24.9 Å². The Morgan fingerprint density at radius 3 is 2.92 bits per heavy atom. The molecule has 0 spiro atoms. The number of nitrogens with one attached hydrogen (secondary N) is 1. The molecule has 0 saturated heterocycles. The van der Waals surface area contributed by atoms with Crippen molar-refractivity contribution in [3.63, 3.8) is 0 Å². The molecule has 1 atom stereocenters. The predicted octanol–water partition coefficient (Wildman–Crippen LogP) is 1.99. The van der Waals surface area contributed by atoms with Crippen molar-refractivity contribution >= 4 is 11.3 Å². The molecule has 13 heavy (non-hydrogen) atoms. The van der Waals surface area contributed by atoms with Gasteiger partial charge in [-0.1, -0.05) is 0 Å². The summed E-state index contributed by atoms with van der Waals surface area (Å²) in [6, 6.07) is 0.658. The van der Waals surface area contributed by atoms with Gasteiger partial charge in [-0.3, -0.25) is 0 Å². The molecular formula is C10H16N2S. The molecule has 1 N–H and O–H groups in total. The third-order valence-electron chi connectivity index (χ3n) is 2.62. The molecule has 0 aliphatic heterocycles. The maximum Gasteiger partial charge on any atom is 0.0943 e. The van der Waals surface area contributed by atoms with Gasteiger partial charge in [-0.2, -0.15) is 0 Å². The third-order valence-corrected chi connectivity index (χ3v) is 3.61. The number of thiazole rings is 1. The van der Waals surface area contributed by atoms with E-state index in [0.717, 1.165) is 18.0 Å². The normalized spacial score (nSPS) is 18.9. The Kier molecular flexibility index (Phi) is 2.65. The molecule has 1 aromatic heterocycles. The lowest BCUT2D eigenvalue weighted by atomic mass is 10.1. The van der Waals surface area contributed by atoms with Crippen molar-refractivity contribution in [3.8, 4) is 0 Å². The molecule has 1 unspecified atom stereocenters. The summed E-state index contributed by atoms with van der Waals surface area (Å²) in [5, 5.41) is 6.80. The smallest absolute Gasteiger partial charge is 0.0943 e. The van der Waals surface area contributed by atoms with Gasteiger partial charge in [-0.25, -0.2) is 4.98 Å². The Bertz CT molecular complexity index is 278. The van der Waals surface area contributed by atoms with Crippen LogP contribution in [0.25, 0.3) is 0 Å². The van der Waals surface area contributed by atoms with E-state index in [2.05, 4.69) is 29.7 Å². The lowest BCUT2D eigenvalue weighted by Gasteiger charge is -2.12. The van der Waals surface area contributed by atoms with E-state index in [4.69, 9.17) is 0 Å². The fraction of sp³-hybridized carbons (Fsp3) is 0.700. The summed E-state index contributed by atoms with van der Waals surface area (Å²) in [6.07, 6.45) is 3.91. The van der Waals surface area contributed by atoms with E-state index < -0.39 is 0 Å². The zero-order valence-electron chi connectivity index (χ0n) is 8.21. The van der Waals surface area contributed by atoms with Gasteiger partial charge in [0.15, 0.2) is 0 Å². The lowest BCUT2D eigenvalue weighted by molar-refractivity contribution is 0.499. The monoisotopic (exact) mass is 196 g/mol. The Labute approximate surface area is 83.4 Å². The number of aromatic nitrogens is 1. The number of likely N-dealkylation sites (N-methyl/N-ethyl adjacent to an activating group) is 1. The van der Waals surface area contributed by atoms with Gasteiger partial charge in [0, 0.05) is 23.5 Å². The average Bonchev–Trinajstić information content (AvgIpc) is 2.87. The molecule has 0 bridgehead atoms. The van der Waals surface area contributed by atoms with Crippen LogP contribution >= 0.6 is 11.3 Å². The minimum absolute atomic E-state index is 0.658. The first-order valence-corrected chi connectivity index (χ1v) is 5.76. The summed E-state index contributed by atoms with van der Waals surface area (Å²) in [6.45, 7) is 2.06. The van der Waals surface area contributed by atoms with E-state index in [1.54, 1.807) is 11.3 Å². The molecule has 0 aromatic carbocycles. The van der Waals surface area contributed by atoms with Gasteiger partial charge in [0.1, 0.15) is 0 Å². The Morgan fingerprint density at radius 1 is 1.69 bits per heavy atom. The van der Waals surface area contributed by atoms with Crippen LogP contribution in [0.15, 0.2) is 5.38 Å². The third kappa shape index (κ3) is 2.29. The van der Waals surface area contributed by atoms with E-state index in [9.17, 15) is 0 Å². The molecule has 1 saturated carbocycles. The first-order valence-electron chi connectivity index (χ1n) is 4.88. The van der Waals surface area contributed by atoms with E-state index in [0.29, 0.717) is 6.04 Å². The molecule has 2 nitrogen and oxygen atoms in total. The summed E-state index contributed by atoms with van der Waals surface area (Å²) in [4.78, 5) is 4.49. The molecule has 72 valence electrons. The van der Waals surface area contributed by atoms with Crippen LogP contribution in [0.1, 0.15) is 23.5 Å². The molecule has 1 aromatic rings. The Hall–Kier alpha value is -0.410. The van der Waals surface area contributed by atoms with Crippen LogP contribution in [-0.2, 0) is 6.42 Å². The maximum atomic E-state index is 4.49. The van der Waals surface area contributed by atoms with Gasteiger partial charge >= 0.3 is 0 Å². The van der Waals surface area contributed by atoms with Gasteiger partial charge in [0.05, 0.1) is 5.01 Å². The molecule has 1 heterocycles. The average molecular weight is 196 g/mol. The number of nitrogens with zero attached hydrogens (tertiary/aromatic N) is 1. The Morgan fingerprint density at radius 2 is 2.46 bits per heavy atom. The fourth-order valence-electron chi connectivity index (χ4n) is 1.69. The maximum absolute atomic E-state index is 4.49. The zero-order chi connectivity index (χ0) is 9.26. The highest BCUT2D eigenvalue weighted by Crippen LogP contribution is 2.34. The zero-order valence-corrected chi connectivity index (χ0v) is 9.03.